The van der Waals surface area contributed by atoms with E-state index in [1.165, 1.54) is 22.2 Å². The summed E-state index contributed by atoms with van der Waals surface area (Å²) in [4.78, 5) is 17.5. The van der Waals surface area contributed by atoms with Crippen LogP contribution in [0.5, 0.6) is 0 Å². The minimum absolute atomic E-state index is 0.143. The Balaban J connectivity index is 1.52. The summed E-state index contributed by atoms with van der Waals surface area (Å²) in [5.41, 5.74) is 6.55. The number of likely N-dealkylation sites (tertiary alicyclic amines) is 1. The number of para-hydroxylation sites is 1. The van der Waals surface area contributed by atoms with Crippen molar-refractivity contribution in [2.24, 2.45) is 0 Å². The highest BCUT2D eigenvalue weighted by atomic mass is 16.4. The molecule has 1 aromatic heterocycles. The number of hydrogen-bond acceptors (Lipinski definition) is 2. The molecule has 4 nitrogen and oxygen atoms in total. The second kappa shape index (κ2) is 8.05. The van der Waals surface area contributed by atoms with Gasteiger partial charge in [-0.05, 0) is 41.3 Å². The van der Waals surface area contributed by atoms with E-state index in [-0.39, 0.29) is 5.92 Å². The number of nitrogens with one attached hydrogen (secondary N) is 1. The van der Waals surface area contributed by atoms with Crippen molar-refractivity contribution >= 4 is 16.9 Å². The minimum Gasteiger partial charge on any atom is -0.478 e. The number of benzene rings is 3. The molecule has 2 N–H and O–H groups in total. The normalized spacial score (nSPS) is 17.4. The Hall–Kier alpha value is -3.37. The van der Waals surface area contributed by atoms with E-state index in [1.807, 2.05) is 12.1 Å². The van der Waals surface area contributed by atoms with Crippen molar-refractivity contribution in [1.29, 1.82) is 0 Å². The number of H-pyrrole nitrogens is 1. The maximum absolute atomic E-state index is 11.2. The van der Waals surface area contributed by atoms with Gasteiger partial charge in [-0.3, -0.25) is 4.90 Å². The first kappa shape index (κ1) is 19.6. The molecule has 0 radical (unpaired) electrons. The second-order valence-corrected chi connectivity index (χ2v) is 8.41. The molecule has 1 unspecified atom stereocenters. The van der Waals surface area contributed by atoms with Crippen LogP contribution in [0.15, 0.2) is 78.9 Å². The number of nitrogens with zero attached hydrogens (tertiary/aromatic N) is 1. The molecule has 1 saturated heterocycles. The third-order valence-corrected chi connectivity index (χ3v) is 6.56. The fourth-order valence-electron chi connectivity index (χ4n) is 4.74. The third kappa shape index (κ3) is 3.64. The summed E-state index contributed by atoms with van der Waals surface area (Å²) in [6.45, 7) is 4.25. The van der Waals surface area contributed by atoms with Crippen molar-refractivity contribution in [3.05, 3.63) is 107 Å². The van der Waals surface area contributed by atoms with Crippen LogP contribution in [0.1, 0.15) is 58.0 Å². The van der Waals surface area contributed by atoms with Crippen molar-refractivity contribution in [1.82, 2.24) is 9.88 Å². The maximum atomic E-state index is 11.2. The SMILES string of the molecule is C[C@@H](c1ccc(C(=O)O)cc1)c1[nH]c2ccccc2c1C1CCN1Cc1ccccc1. The van der Waals surface area contributed by atoms with E-state index < -0.39 is 5.97 Å². The first-order chi connectivity index (χ1) is 15.1. The van der Waals surface area contributed by atoms with E-state index in [0.29, 0.717) is 11.6 Å². The highest BCUT2D eigenvalue weighted by molar-refractivity contribution is 5.88. The van der Waals surface area contributed by atoms with E-state index in [2.05, 4.69) is 71.4 Å². The molecule has 0 saturated carbocycles. The fraction of sp³-hybridized carbons (Fsp3) is 0.222. The molecule has 0 amide bonds. The Kier molecular flexibility index (Phi) is 5.08. The fourth-order valence-corrected chi connectivity index (χ4v) is 4.74. The number of hydrogen-bond donors (Lipinski definition) is 2. The number of aromatic nitrogens is 1. The lowest BCUT2D eigenvalue weighted by Gasteiger charge is -2.42. The average molecular weight is 411 g/mol. The lowest BCUT2D eigenvalue weighted by atomic mass is 9.86. The van der Waals surface area contributed by atoms with Gasteiger partial charge >= 0.3 is 5.97 Å². The van der Waals surface area contributed by atoms with Gasteiger partial charge in [-0.2, -0.15) is 0 Å². The summed E-state index contributed by atoms with van der Waals surface area (Å²) in [5.74, 6) is -0.749. The van der Waals surface area contributed by atoms with Crippen LogP contribution in [0, 0.1) is 0 Å². The zero-order chi connectivity index (χ0) is 21.4. The van der Waals surface area contributed by atoms with Crippen molar-refractivity contribution in [3.63, 3.8) is 0 Å². The number of aromatic amines is 1. The number of carboxylic acids is 1. The van der Waals surface area contributed by atoms with E-state index >= 15 is 0 Å². The molecule has 2 atom stereocenters. The standard InChI is InChI=1S/C27H26N2O2/c1-18(20-11-13-21(14-12-20)27(30)31)26-25(22-9-5-6-10-23(22)28-26)24-15-16-29(24)17-19-7-3-2-4-8-19/h2-14,18,24,28H,15-17H2,1H3,(H,30,31)/t18-,24?/m0/s1. The summed E-state index contributed by atoms with van der Waals surface area (Å²) in [5, 5.41) is 10.5. The summed E-state index contributed by atoms with van der Waals surface area (Å²) in [6.07, 6.45) is 1.15. The number of rotatable bonds is 6. The molecule has 1 aliphatic rings. The molecular weight excluding hydrogens is 384 g/mol. The molecule has 5 rings (SSSR count). The van der Waals surface area contributed by atoms with Gasteiger partial charge in [0.1, 0.15) is 0 Å². The van der Waals surface area contributed by atoms with Crippen LogP contribution in [-0.4, -0.2) is 27.5 Å². The Morgan fingerprint density at radius 1 is 1.03 bits per heavy atom. The van der Waals surface area contributed by atoms with Gasteiger partial charge in [0, 0.05) is 41.6 Å². The van der Waals surface area contributed by atoms with Gasteiger partial charge in [0.2, 0.25) is 0 Å². The van der Waals surface area contributed by atoms with Crippen LogP contribution in [0.3, 0.4) is 0 Å². The number of fused-ring (bicyclic) bond motifs is 1. The van der Waals surface area contributed by atoms with Crippen LogP contribution in [0.25, 0.3) is 10.9 Å². The van der Waals surface area contributed by atoms with Crippen molar-refractivity contribution < 1.29 is 9.90 Å². The topological polar surface area (TPSA) is 56.3 Å². The smallest absolute Gasteiger partial charge is 0.335 e. The van der Waals surface area contributed by atoms with Crippen LogP contribution < -0.4 is 0 Å². The molecule has 0 spiro atoms. The Labute approximate surface area is 182 Å². The average Bonchev–Trinajstić information content (AvgIpc) is 3.16. The van der Waals surface area contributed by atoms with Gasteiger partial charge in [-0.1, -0.05) is 67.6 Å². The minimum atomic E-state index is -0.892. The molecule has 156 valence electrons. The highest BCUT2D eigenvalue weighted by Crippen LogP contribution is 2.43. The van der Waals surface area contributed by atoms with E-state index in [9.17, 15) is 9.90 Å². The van der Waals surface area contributed by atoms with Crippen molar-refractivity contribution in [2.75, 3.05) is 6.54 Å². The van der Waals surface area contributed by atoms with Gasteiger partial charge in [-0.25, -0.2) is 4.79 Å². The van der Waals surface area contributed by atoms with Gasteiger partial charge in [0.25, 0.3) is 0 Å². The first-order valence-corrected chi connectivity index (χ1v) is 10.8. The molecule has 4 heteroatoms. The summed E-state index contributed by atoms with van der Waals surface area (Å²) in [6, 6.07) is 26.8. The predicted molar refractivity (Wildman–Crippen MR) is 123 cm³/mol. The summed E-state index contributed by atoms with van der Waals surface area (Å²) in [7, 11) is 0. The first-order valence-electron chi connectivity index (χ1n) is 10.8. The van der Waals surface area contributed by atoms with E-state index in [0.717, 1.165) is 30.6 Å². The van der Waals surface area contributed by atoms with E-state index in [4.69, 9.17) is 0 Å². The zero-order valence-corrected chi connectivity index (χ0v) is 17.6. The predicted octanol–water partition coefficient (Wildman–Crippen LogP) is 5.96. The molecule has 1 aliphatic heterocycles. The number of aromatic carboxylic acids is 1. The Bertz CT molecular complexity index is 1210. The molecule has 0 bridgehead atoms. The Morgan fingerprint density at radius 2 is 1.74 bits per heavy atom. The third-order valence-electron chi connectivity index (χ3n) is 6.56. The molecule has 2 heterocycles. The lowest BCUT2D eigenvalue weighted by molar-refractivity contribution is 0.0697. The highest BCUT2D eigenvalue weighted by Gasteiger charge is 2.34. The van der Waals surface area contributed by atoms with Crippen LogP contribution >= 0.6 is 0 Å². The molecular formula is C27H26N2O2. The van der Waals surface area contributed by atoms with Gasteiger partial charge in [-0.15, -0.1) is 0 Å². The molecule has 1 fully saturated rings. The van der Waals surface area contributed by atoms with Crippen LogP contribution in [0.4, 0.5) is 0 Å². The monoisotopic (exact) mass is 410 g/mol. The van der Waals surface area contributed by atoms with Crippen LogP contribution in [0.2, 0.25) is 0 Å². The van der Waals surface area contributed by atoms with Crippen molar-refractivity contribution in [3.8, 4) is 0 Å². The molecule has 4 aromatic rings. The lowest BCUT2D eigenvalue weighted by Crippen LogP contribution is -2.40. The quantitative estimate of drug-likeness (QED) is 0.412. The maximum Gasteiger partial charge on any atom is 0.335 e. The van der Waals surface area contributed by atoms with Gasteiger partial charge < -0.3 is 10.1 Å². The molecule has 0 aliphatic carbocycles. The van der Waals surface area contributed by atoms with Gasteiger partial charge in [0.15, 0.2) is 0 Å². The summed E-state index contributed by atoms with van der Waals surface area (Å²) >= 11 is 0. The Morgan fingerprint density at radius 3 is 2.42 bits per heavy atom. The van der Waals surface area contributed by atoms with Gasteiger partial charge in [0.05, 0.1) is 5.56 Å². The van der Waals surface area contributed by atoms with Crippen LogP contribution in [-0.2, 0) is 6.54 Å². The number of carboxylic acid groups (broad SMARTS) is 1. The van der Waals surface area contributed by atoms with E-state index in [1.54, 1.807) is 12.1 Å². The van der Waals surface area contributed by atoms with Crippen molar-refractivity contribution in [2.45, 2.75) is 31.8 Å². The molecule has 31 heavy (non-hydrogen) atoms. The molecule has 3 aromatic carbocycles. The zero-order valence-electron chi connectivity index (χ0n) is 17.6. The summed E-state index contributed by atoms with van der Waals surface area (Å²) < 4.78 is 0. The second-order valence-electron chi connectivity index (χ2n) is 8.41. The number of carbonyl (C=O) groups is 1. The largest absolute Gasteiger partial charge is 0.478 e.